The minimum absolute atomic E-state index is 0.636. The summed E-state index contributed by atoms with van der Waals surface area (Å²) < 4.78 is 16.1. The van der Waals surface area contributed by atoms with Gasteiger partial charge in [0.05, 0.1) is 13.4 Å². The zero-order valence-corrected chi connectivity index (χ0v) is 16.9. The maximum Gasteiger partial charge on any atom is 0.186 e. The molecule has 0 saturated heterocycles. The van der Waals surface area contributed by atoms with Crippen LogP contribution in [-0.2, 0) is 0 Å². The van der Waals surface area contributed by atoms with Gasteiger partial charge in [-0.3, -0.25) is 0 Å². The van der Waals surface area contributed by atoms with Gasteiger partial charge in [-0.15, -0.1) is 0 Å². The van der Waals surface area contributed by atoms with Crippen LogP contribution < -0.4 is 9.47 Å². The first kappa shape index (κ1) is 14.4. The summed E-state index contributed by atoms with van der Waals surface area (Å²) in [6.45, 7) is 0. The molecule has 0 radical (unpaired) electrons. The Labute approximate surface area is 151 Å². The summed E-state index contributed by atoms with van der Waals surface area (Å²) in [7, 11) is 0. The molecule has 0 saturated carbocycles. The fourth-order valence-electron chi connectivity index (χ4n) is 1.67. The van der Waals surface area contributed by atoms with Crippen LogP contribution in [0.25, 0.3) is 0 Å². The first-order valence-corrected chi connectivity index (χ1v) is 8.96. The Balaban J connectivity index is 2.22. The Hall–Kier alpha value is 0.440. The molecule has 2 aromatic rings. The number of hydrogen-bond donors (Lipinski definition) is 0. The number of ether oxygens (including phenoxy) is 2. The maximum atomic E-state index is 5.96. The van der Waals surface area contributed by atoms with E-state index in [0.29, 0.717) is 23.0 Å². The van der Waals surface area contributed by atoms with Gasteiger partial charge in [-0.25, -0.2) is 0 Å². The molecule has 1 aliphatic rings. The number of hydrogen-bond acceptors (Lipinski definition) is 2. The molecule has 0 spiro atoms. The van der Waals surface area contributed by atoms with E-state index in [1.165, 1.54) is 0 Å². The summed E-state index contributed by atoms with van der Waals surface area (Å²) in [5.74, 6) is 2.59. The van der Waals surface area contributed by atoms with E-state index >= 15 is 0 Å². The third-order valence-electron chi connectivity index (χ3n) is 2.48. The first-order chi connectivity index (χ1) is 8.97. The average molecular weight is 579 g/mol. The molecule has 0 bridgehead atoms. The number of benzene rings is 2. The fourth-order valence-corrected chi connectivity index (χ4v) is 4.52. The first-order valence-electron chi connectivity index (χ1n) is 4.99. The van der Waals surface area contributed by atoms with Gasteiger partial charge in [0.2, 0.25) is 0 Å². The van der Waals surface area contributed by atoms with Gasteiger partial charge in [0.1, 0.15) is 0 Å². The van der Waals surface area contributed by atoms with Crippen LogP contribution >= 0.6 is 79.6 Å². The van der Waals surface area contributed by atoms with Crippen molar-refractivity contribution < 1.29 is 9.47 Å². The normalized spacial score (nSPS) is 12.3. The van der Waals surface area contributed by atoms with E-state index in [4.69, 9.17) is 9.47 Å². The van der Waals surface area contributed by atoms with Crippen molar-refractivity contribution in [3.8, 4) is 23.0 Å². The highest BCUT2D eigenvalue weighted by molar-refractivity contribution is 9.13. The predicted molar refractivity (Wildman–Crippen MR) is 91.5 cm³/mol. The Bertz CT molecular complexity index is 699. The van der Waals surface area contributed by atoms with Crippen molar-refractivity contribution in [2.45, 2.75) is 0 Å². The highest BCUT2D eigenvalue weighted by Gasteiger charge is 2.27. The standard InChI is InChI=1S/C12H3Br5O2/c13-4-1-6(15)10-8(2-4)18-11-7(16)3-5(14)9(17)12(11)19-10/h1-3H. The maximum absolute atomic E-state index is 5.96. The van der Waals surface area contributed by atoms with E-state index in [2.05, 4.69) is 79.6 Å². The minimum Gasteiger partial charge on any atom is -0.448 e. The van der Waals surface area contributed by atoms with Crippen molar-refractivity contribution in [2.75, 3.05) is 0 Å². The van der Waals surface area contributed by atoms with Gasteiger partial charge in [-0.2, -0.15) is 0 Å². The van der Waals surface area contributed by atoms with Gasteiger partial charge in [-0.05, 0) is 81.9 Å². The molecular formula is C12H3Br5O2. The molecule has 0 atom stereocenters. The number of fused-ring (bicyclic) bond motifs is 2. The van der Waals surface area contributed by atoms with Crippen molar-refractivity contribution in [1.29, 1.82) is 0 Å². The Morgan fingerprint density at radius 2 is 1.32 bits per heavy atom. The van der Waals surface area contributed by atoms with Gasteiger partial charge in [0, 0.05) is 8.95 Å². The highest BCUT2D eigenvalue weighted by Crippen LogP contribution is 2.55. The molecule has 2 nitrogen and oxygen atoms in total. The summed E-state index contributed by atoms with van der Waals surface area (Å²) in [4.78, 5) is 0. The van der Waals surface area contributed by atoms with Crippen molar-refractivity contribution >= 4 is 79.6 Å². The van der Waals surface area contributed by atoms with E-state index in [1.54, 1.807) is 0 Å². The summed E-state index contributed by atoms with van der Waals surface area (Å²) >= 11 is 17.3. The molecule has 19 heavy (non-hydrogen) atoms. The SMILES string of the molecule is Brc1cc(Br)c2c(c1)Oc1c(Br)cc(Br)c(Br)c1O2. The second-order valence-electron chi connectivity index (χ2n) is 3.73. The highest BCUT2D eigenvalue weighted by atomic mass is 79.9. The smallest absolute Gasteiger partial charge is 0.186 e. The largest absolute Gasteiger partial charge is 0.448 e. The van der Waals surface area contributed by atoms with Crippen LogP contribution in [0, 0.1) is 0 Å². The molecule has 2 aromatic carbocycles. The van der Waals surface area contributed by atoms with Gasteiger partial charge < -0.3 is 9.47 Å². The van der Waals surface area contributed by atoms with E-state index in [9.17, 15) is 0 Å². The summed E-state index contributed by atoms with van der Waals surface area (Å²) in [6.07, 6.45) is 0. The van der Waals surface area contributed by atoms with Crippen molar-refractivity contribution in [3.63, 3.8) is 0 Å². The second kappa shape index (κ2) is 5.33. The van der Waals surface area contributed by atoms with Crippen LogP contribution in [0.2, 0.25) is 0 Å². The monoisotopic (exact) mass is 574 g/mol. The van der Waals surface area contributed by atoms with Gasteiger partial charge in [0.25, 0.3) is 0 Å². The van der Waals surface area contributed by atoms with Gasteiger partial charge >= 0.3 is 0 Å². The summed E-state index contributed by atoms with van der Waals surface area (Å²) in [6, 6.07) is 5.68. The van der Waals surface area contributed by atoms with E-state index < -0.39 is 0 Å². The second-order valence-corrected chi connectivity index (χ2v) is 8.00. The average Bonchev–Trinajstić information content (AvgIpc) is 2.34. The Morgan fingerprint density at radius 1 is 0.632 bits per heavy atom. The molecule has 0 unspecified atom stereocenters. The van der Waals surface area contributed by atoms with E-state index in [-0.39, 0.29) is 0 Å². The zero-order chi connectivity index (χ0) is 13.7. The third-order valence-corrected chi connectivity index (χ3v) is 6.06. The molecule has 0 amide bonds. The van der Waals surface area contributed by atoms with Crippen LogP contribution in [0.15, 0.2) is 40.6 Å². The lowest BCUT2D eigenvalue weighted by molar-refractivity contribution is 0.353. The molecule has 3 rings (SSSR count). The number of halogens is 5. The van der Waals surface area contributed by atoms with Crippen molar-refractivity contribution in [1.82, 2.24) is 0 Å². The van der Waals surface area contributed by atoms with Crippen molar-refractivity contribution in [3.05, 3.63) is 40.6 Å². The van der Waals surface area contributed by atoms with E-state index in [0.717, 1.165) is 22.4 Å². The number of rotatable bonds is 0. The molecule has 0 aliphatic carbocycles. The lowest BCUT2D eigenvalue weighted by Gasteiger charge is -2.24. The summed E-state index contributed by atoms with van der Waals surface area (Å²) in [5.41, 5.74) is 0. The molecule has 98 valence electrons. The molecule has 1 heterocycles. The molecule has 0 N–H and O–H groups in total. The molecule has 7 heteroatoms. The molecular weight excluding hydrogens is 576 g/mol. The quantitative estimate of drug-likeness (QED) is 0.259. The van der Waals surface area contributed by atoms with E-state index in [1.807, 2.05) is 18.2 Å². The van der Waals surface area contributed by atoms with Gasteiger partial charge in [0.15, 0.2) is 23.0 Å². The Morgan fingerprint density at radius 3 is 2.05 bits per heavy atom. The van der Waals surface area contributed by atoms with Crippen LogP contribution in [0.4, 0.5) is 0 Å². The third kappa shape index (κ3) is 2.52. The van der Waals surface area contributed by atoms with Crippen molar-refractivity contribution in [2.24, 2.45) is 0 Å². The lowest BCUT2D eigenvalue weighted by Crippen LogP contribution is -2.01. The lowest BCUT2D eigenvalue weighted by atomic mass is 10.2. The minimum atomic E-state index is 0.636. The van der Waals surface area contributed by atoms with Crippen LogP contribution in [-0.4, -0.2) is 0 Å². The predicted octanol–water partition coefficient (Wildman–Crippen LogP) is 7.40. The topological polar surface area (TPSA) is 18.5 Å². The van der Waals surface area contributed by atoms with Gasteiger partial charge in [-0.1, -0.05) is 15.9 Å². The molecule has 1 aliphatic heterocycles. The molecule has 0 aromatic heterocycles. The summed E-state index contributed by atoms with van der Waals surface area (Å²) in [5, 5.41) is 0. The van der Waals surface area contributed by atoms with Crippen LogP contribution in [0.3, 0.4) is 0 Å². The fraction of sp³-hybridized carbons (Fsp3) is 0. The zero-order valence-electron chi connectivity index (χ0n) is 8.94. The van der Waals surface area contributed by atoms with Crippen LogP contribution in [0.1, 0.15) is 0 Å². The Kier molecular flexibility index (Phi) is 4.03. The van der Waals surface area contributed by atoms with Crippen LogP contribution in [0.5, 0.6) is 23.0 Å². The molecule has 0 fully saturated rings.